The summed E-state index contributed by atoms with van der Waals surface area (Å²) in [7, 11) is 0. The van der Waals surface area contributed by atoms with Crippen LogP contribution in [-0.4, -0.2) is 27.2 Å². The number of halogens is 1. The van der Waals surface area contributed by atoms with E-state index in [1.54, 1.807) is 10.7 Å². The lowest BCUT2D eigenvalue weighted by molar-refractivity contribution is -0.384. The molecule has 8 nitrogen and oxygen atoms in total. The maximum absolute atomic E-state index is 12.9. The van der Waals surface area contributed by atoms with E-state index in [0.29, 0.717) is 18.7 Å². The molecule has 25 heavy (non-hydrogen) atoms. The SMILES string of the molecule is CCn1nc(CF)cc1C(CCN)OC(=O)c1ccc([N+](=O)[O-])cc1. The van der Waals surface area contributed by atoms with Crippen LogP contribution in [0.5, 0.6) is 0 Å². The number of esters is 1. The van der Waals surface area contributed by atoms with Crippen LogP contribution in [-0.2, 0) is 18.0 Å². The Morgan fingerprint density at radius 1 is 1.44 bits per heavy atom. The molecule has 0 fully saturated rings. The lowest BCUT2D eigenvalue weighted by Crippen LogP contribution is -2.18. The van der Waals surface area contributed by atoms with Crippen molar-refractivity contribution in [3.05, 3.63) is 57.4 Å². The van der Waals surface area contributed by atoms with Crippen LogP contribution in [0.25, 0.3) is 0 Å². The highest BCUT2D eigenvalue weighted by Gasteiger charge is 2.22. The molecule has 1 aromatic heterocycles. The van der Waals surface area contributed by atoms with Crippen LogP contribution in [0.1, 0.15) is 41.2 Å². The summed E-state index contributed by atoms with van der Waals surface area (Å²) < 4.78 is 19.9. The molecule has 2 aromatic rings. The van der Waals surface area contributed by atoms with Crippen molar-refractivity contribution in [1.82, 2.24) is 9.78 Å². The molecular weight excluding hydrogens is 331 g/mol. The van der Waals surface area contributed by atoms with Gasteiger partial charge in [-0.05, 0) is 31.7 Å². The molecule has 0 bridgehead atoms. The van der Waals surface area contributed by atoms with E-state index < -0.39 is 23.7 Å². The average Bonchev–Trinajstić information content (AvgIpc) is 3.04. The van der Waals surface area contributed by atoms with E-state index in [0.717, 1.165) is 0 Å². The highest BCUT2D eigenvalue weighted by molar-refractivity contribution is 5.89. The normalized spacial score (nSPS) is 12.0. The van der Waals surface area contributed by atoms with Gasteiger partial charge in [0.1, 0.15) is 12.8 Å². The van der Waals surface area contributed by atoms with Gasteiger partial charge in [-0.1, -0.05) is 0 Å². The second-order valence-electron chi connectivity index (χ2n) is 5.29. The smallest absolute Gasteiger partial charge is 0.338 e. The van der Waals surface area contributed by atoms with Crippen molar-refractivity contribution < 1.29 is 18.8 Å². The Labute approximate surface area is 143 Å². The van der Waals surface area contributed by atoms with Crippen molar-refractivity contribution in [1.29, 1.82) is 0 Å². The number of nitrogens with two attached hydrogens (primary N) is 1. The molecule has 2 N–H and O–H groups in total. The number of carbonyl (C=O) groups is 1. The van der Waals surface area contributed by atoms with Gasteiger partial charge in [0.15, 0.2) is 0 Å². The summed E-state index contributed by atoms with van der Waals surface area (Å²) >= 11 is 0. The number of hydrogen-bond donors (Lipinski definition) is 1. The first-order chi connectivity index (χ1) is 12.0. The molecule has 0 spiro atoms. The van der Waals surface area contributed by atoms with Gasteiger partial charge in [-0.3, -0.25) is 14.8 Å². The first-order valence-corrected chi connectivity index (χ1v) is 7.78. The molecule has 0 aliphatic carbocycles. The van der Waals surface area contributed by atoms with Gasteiger partial charge in [0.2, 0.25) is 0 Å². The lowest BCUT2D eigenvalue weighted by Gasteiger charge is -2.18. The molecule has 0 saturated carbocycles. The van der Waals surface area contributed by atoms with Crippen molar-refractivity contribution in [3.8, 4) is 0 Å². The average molecular weight is 350 g/mol. The third-order valence-electron chi connectivity index (χ3n) is 3.62. The third-order valence-corrected chi connectivity index (χ3v) is 3.62. The predicted octanol–water partition coefficient (Wildman–Crippen LogP) is 2.53. The molecule has 2 rings (SSSR count). The molecule has 1 aromatic carbocycles. The fraction of sp³-hybridized carbons (Fsp3) is 0.375. The Bertz CT molecular complexity index is 745. The Morgan fingerprint density at radius 2 is 2.12 bits per heavy atom. The van der Waals surface area contributed by atoms with Crippen LogP contribution >= 0.6 is 0 Å². The van der Waals surface area contributed by atoms with Crippen molar-refractivity contribution in [2.45, 2.75) is 32.7 Å². The van der Waals surface area contributed by atoms with Crippen molar-refractivity contribution in [2.75, 3.05) is 6.54 Å². The summed E-state index contributed by atoms with van der Waals surface area (Å²) in [6.45, 7) is 1.88. The fourth-order valence-corrected chi connectivity index (χ4v) is 2.40. The molecule has 9 heteroatoms. The number of benzene rings is 1. The topological polar surface area (TPSA) is 113 Å². The van der Waals surface area contributed by atoms with Crippen LogP contribution in [0.3, 0.4) is 0 Å². The maximum atomic E-state index is 12.9. The van der Waals surface area contributed by atoms with E-state index in [4.69, 9.17) is 10.5 Å². The van der Waals surface area contributed by atoms with E-state index in [9.17, 15) is 19.3 Å². The van der Waals surface area contributed by atoms with Gasteiger partial charge in [0.05, 0.1) is 21.9 Å². The zero-order valence-electron chi connectivity index (χ0n) is 13.7. The number of rotatable bonds is 8. The number of nitrogens with zero attached hydrogens (tertiary/aromatic N) is 3. The summed E-state index contributed by atoms with van der Waals surface area (Å²) in [5.41, 5.74) is 6.48. The largest absolute Gasteiger partial charge is 0.452 e. The number of non-ortho nitro benzene ring substituents is 1. The van der Waals surface area contributed by atoms with E-state index >= 15 is 0 Å². The summed E-state index contributed by atoms with van der Waals surface area (Å²) in [4.78, 5) is 22.4. The van der Waals surface area contributed by atoms with Gasteiger partial charge in [0.25, 0.3) is 5.69 Å². The number of hydrogen-bond acceptors (Lipinski definition) is 6. The Morgan fingerprint density at radius 3 is 2.64 bits per heavy atom. The zero-order valence-corrected chi connectivity index (χ0v) is 13.7. The highest BCUT2D eigenvalue weighted by Crippen LogP contribution is 2.24. The molecule has 1 heterocycles. The summed E-state index contributed by atoms with van der Waals surface area (Å²) in [6.07, 6.45) is -0.337. The molecule has 1 atom stereocenters. The number of nitro groups is 1. The minimum Gasteiger partial charge on any atom is -0.452 e. The second-order valence-corrected chi connectivity index (χ2v) is 5.29. The van der Waals surface area contributed by atoms with Gasteiger partial charge >= 0.3 is 5.97 Å². The Hall–Kier alpha value is -2.81. The zero-order chi connectivity index (χ0) is 18.4. The highest BCUT2D eigenvalue weighted by atomic mass is 19.1. The minimum absolute atomic E-state index is 0.119. The predicted molar refractivity (Wildman–Crippen MR) is 87.6 cm³/mol. The Kier molecular flexibility index (Phi) is 6.18. The number of aromatic nitrogens is 2. The monoisotopic (exact) mass is 350 g/mol. The quantitative estimate of drug-likeness (QED) is 0.444. The summed E-state index contributed by atoms with van der Waals surface area (Å²) in [5.74, 6) is -0.640. The van der Waals surface area contributed by atoms with Crippen molar-refractivity contribution in [3.63, 3.8) is 0 Å². The van der Waals surface area contributed by atoms with Gasteiger partial charge < -0.3 is 10.5 Å². The van der Waals surface area contributed by atoms with Crippen molar-refractivity contribution >= 4 is 11.7 Å². The van der Waals surface area contributed by atoms with E-state index in [1.807, 2.05) is 6.92 Å². The fourth-order valence-electron chi connectivity index (χ4n) is 2.40. The lowest BCUT2D eigenvalue weighted by atomic mass is 10.1. The molecule has 0 aliphatic heterocycles. The molecule has 0 amide bonds. The minimum atomic E-state index is -0.717. The number of carbonyl (C=O) groups excluding carboxylic acids is 1. The van der Waals surface area contributed by atoms with Gasteiger partial charge in [-0.25, -0.2) is 9.18 Å². The summed E-state index contributed by atoms with van der Waals surface area (Å²) in [6, 6.07) is 6.65. The number of nitro benzene ring substituents is 1. The molecule has 134 valence electrons. The van der Waals surface area contributed by atoms with E-state index in [-0.39, 0.29) is 23.5 Å². The van der Waals surface area contributed by atoms with E-state index in [2.05, 4.69) is 5.10 Å². The maximum Gasteiger partial charge on any atom is 0.338 e. The van der Waals surface area contributed by atoms with Gasteiger partial charge in [-0.2, -0.15) is 5.10 Å². The molecular formula is C16H19FN4O4. The molecule has 0 radical (unpaired) electrons. The Balaban J connectivity index is 2.22. The van der Waals surface area contributed by atoms with Crippen LogP contribution in [0.15, 0.2) is 30.3 Å². The third kappa shape index (κ3) is 4.38. The first-order valence-electron chi connectivity index (χ1n) is 7.78. The summed E-state index contributed by atoms with van der Waals surface area (Å²) in [5, 5.41) is 14.8. The number of alkyl halides is 1. The van der Waals surface area contributed by atoms with Crippen LogP contribution < -0.4 is 5.73 Å². The number of ether oxygens (including phenoxy) is 1. The second kappa shape index (κ2) is 8.34. The van der Waals surface area contributed by atoms with Gasteiger partial charge in [-0.15, -0.1) is 0 Å². The van der Waals surface area contributed by atoms with Crippen LogP contribution in [0, 0.1) is 10.1 Å². The molecule has 0 aliphatic rings. The van der Waals surface area contributed by atoms with Gasteiger partial charge in [0, 0.05) is 25.1 Å². The van der Waals surface area contributed by atoms with Crippen molar-refractivity contribution in [2.24, 2.45) is 5.73 Å². The molecule has 0 saturated heterocycles. The standard InChI is InChI=1S/C16H19FN4O4/c1-2-20-14(9-12(10-17)19-20)15(7-8-18)25-16(22)11-3-5-13(6-4-11)21(23)24/h3-6,9,15H,2,7-8,10,18H2,1H3. The van der Waals surface area contributed by atoms with Crippen LogP contribution in [0.4, 0.5) is 10.1 Å². The van der Waals surface area contributed by atoms with E-state index in [1.165, 1.54) is 24.3 Å². The van der Waals surface area contributed by atoms with Crippen LogP contribution in [0.2, 0.25) is 0 Å². The molecule has 1 unspecified atom stereocenters. The number of aryl methyl sites for hydroxylation is 1. The first kappa shape index (κ1) is 18.5.